The average molecular weight is 373 g/mol. The van der Waals surface area contributed by atoms with Gasteiger partial charge in [0, 0.05) is 14.1 Å². The Kier molecular flexibility index (Phi) is 5.31. The summed E-state index contributed by atoms with van der Waals surface area (Å²) in [6.07, 6.45) is 0.0183. The fourth-order valence-corrected chi connectivity index (χ4v) is 2.91. The van der Waals surface area contributed by atoms with Crippen molar-refractivity contribution in [1.82, 2.24) is 19.1 Å². The average Bonchev–Trinajstić information content (AvgIpc) is 3.03. The molecule has 0 unspecified atom stereocenters. The van der Waals surface area contributed by atoms with Gasteiger partial charge in [-0.1, -0.05) is 19.1 Å². The number of hydrogen-bond acceptors (Lipinski definition) is 6. The number of hydrogen-bond donors (Lipinski definition) is 3. The molecule has 144 valence electrons. The van der Waals surface area contributed by atoms with E-state index in [1.807, 2.05) is 24.3 Å². The molecule has 0 radical (unpaired) electrons. The van der Waals surface area contributed by atoms with Gasteiger partial charge in [0.15, 0.2) is 11.2 Å². The lowest BCUT2D eigenvalue weighted by Gasteiger charge is -2.15. The minimum absolute atomic E-state index is 0.0552. The molecule has 0 aliphatic carbocycles. The molecule has 27 heavy (non-hydrogen) atoms. The summed E-state index contributed by atoms with van der Waals surface area (Å²) in [6, 6.07) is 7.68. The van der Waals surface area contributed by atoms with Gasteiger partial charge >= 0.3 is 5.69 Å². The second-order valence-electron chi connectivity index (χ2n) is 6.25. The van der Waals surface area contributed by atoms with Crippen LogP contribution in [0.1, 0.15) is 12.5 Å². The third-order valence-corrected chi connectivity index (χ3v) is 4.37. The maximum Gasteiger partial charge on any atom is 0.329 e. The van der Waals surface area contributed by atoms with Crippen LogP contribution in [0.15, 0.2) is 33.9 Å². The number of nitrogens with zero attached hydrogens (tertiary/aromatic N) is 3. The molecule has 2 aromatic heterocycles. The molecule has 3 N–H and O–H groups in total. The third kappa shape index (κ3) is 3.72. The van der Waals surface area contributed by atoms with Gasteiger partial charge in [0.1, 0.15) is 18.5 Å². The Hall–Kier alpha value is -3.07. The van der Waals surface area contributed by atoms with Gasteiger partial charge < -0.3 is 19.7 Å². The highest BCUT2D eigenvalue weighted by atomic mass is 16.5. The van der Waals surface area contributed by atoms with Crippen LogP contribution in [0, 0.1) is 0 Å². The van der Waals surface area contributed by atoms with Crippen molar-refractivity contribution in [2.45, 2.75) is 26.0 Å². The lowest BCUT2D eigenvalue weighted by molar-refractivity contribution is 0.0938. The molecule has 9 nitrogen and oxygen atoms in total. The molecular formula is C18H23N5O4. The van der Waals surface area contributed by atoms with Gasteiger partial charge in [-0.15, -0.1) is 0 Å². The van der Waals surface area contributed by atoms with Crippen LogP contribution in [0.4, 0.5) is 5.95 Å². The molecule has 9 heteroatoms. The number of H-pyrrole nitrogens is 1. The molecule has 0 aliphatic rings. The highest BCUT2D eigenvalue weighted by molar-refractivity contribution is 5.74. The normalized spacial score (nSPS) is 12.3. The van der Waals surface area contributed by atoms with Crippen molar-refractivity contribution in [1.29, 1.82) is 0 Å². The quantitative estimate of drug-likeness (QED) is 0.555. The van der Waals surface area contributed by atoms with Gasteiger partial charge in [0.05, 0.1) is 6.54 Å². The van der Waals surface area contributed by atoms with E-state index in [2.05, 4.69) is 22.2 Å². The number of fused-ring (bicyclic) bond motifs is 1. The van der Waals surface area contributed by atoms with Crippen molar-refractivity contribution in [2.75, 3.05) is 19.0 Å². The maximum absolute atomic E-state index is 12.3. The molecule has 1 aromatic carbocycles. The van der Waals surface area contributed by atoms with Gasteiger partial charge in [-0.2, -0.15) is 4.98 Å². The van der Waals surface area contributed by atoms with Crippen molar-refractivity contribution in [3.8, 4) is 5.75 Å². The lowest BCUT2D eigenvalue weighted by Crippen LogP contribution is -2.30. The van der Waals surface area contributed by atoms with E-state index in [-0.39, 0.29) is 24.3 Å². The van der Waals surface area contributed by atoms with E-state index in [0.717, 1.165) is 12.0 Å². The molecule has 0 spiro atoms. The first-order valence-electron chi connectivity index (χ1n) is 8.71. The van der Waals surface area contributed by atoms with E-state index in [9.17, 15) is 14.7 Å². The van der Waals surface area contributed by atoms with Crippen molar-refractivity contribution < 1.29 is 9.84 Å². The number of aromatic nitrogens is 4. The Balaban J connectivity index is 1.84. The standard InChI is InChI=1S/C18H23N5O4/c1-4-11-6-5-7-13(8-11)27-10-12(24)9-23-14-15(20-17(23)19-2)22(3)18(26)21-16(14)25/h5-8,12,24H,4,9-10H2,1-3H3,(H,19,20)(H,21,25,26)/t12-/m0/s1. The number of ether oxygens (including phenoxy) is 1. The van der Waals surface area contributed by atoms with E-state index in [1.54, 1.807) is 11.6 Å². The molecule has 1 atom stereocenters. The first-order valence-corrected chi connectivity index (χ1v) is 8.71. The summed E-state index contributed by atoms with van der Waals surface area (Å²) >= 11 is 0. The second-order valence-corrected chi connectivity index (χ2v) is 6.25. The van der Waals surface area contributed by atoms with E-state index in [4.69, 9.17) is 4.74 Å². The summed E-state index contributed by atoms with van der Waals surface area (Å²) < 4.78 is 8.48. The molecule has 0 saturated carbocycles. The number of rotatable bonds is 7. The Labute approximate surface area is 155 Å². The molecule has 3 aromatic rings. The van der Waals surface area contributed by atoms with Crippen molar-refractivity contribution in [2.24, 2.45) is 7.05 Å². The number of nitrogens with one attached hydrogen (secondary N) is 2. The summed E-state index contributed by atoms with van der Waals surface area (Å²) in [7, 11) is 3.18. The van der Waals surface area contributed by atoms with Crippen LogP contribution in [0.3, 0.4) is 0 Å². The van der Waals surface area contributed by atoms with E-state index < -0.39 is 17.4 Å². The third-order valence-electron chi connectivity index (χ3n) is 4.37. The Bertz CT molecular complexity index is 1070. The van der Waals surface area contributed by atoms with E-state index in [0.29, 0.717) is 11.7 Å². The molecule has 0 saturated heterocycles. The van der Waals surface area contributed by atoms with Crippen molar-refractivity contribution in [3.05, 3.63) is 50.7 Å². The Morgan fingerprint density at radius 1 is 1.37 bits per heavy atom. The van der Waals surface area contributed by atoms with E-state index >= 15 is 0 Å². The minimum Gasteiger partial charge on any atom is -0.491 e. The summed E-state index contributed by atoms with van der Waals surface area (Å²) in [4.78, 5) is 30.6. The largest absolute Gasteiger partial charge is 0.491 e. The minimum atomic E-state index is -0.878. The number of anilines is 1. The van der Waals surface area contributed by atoms with Gasteiger partial charge in [-0.3, -0.25) is 14.3 Å². The van der Waals surface area contributed by atoms with Crippen LogP contribution >= 0.6 is 0 Å². The van der Waals surface area contributed by atoms with Crippen LogP contribution in [-0.4, -0.2) is 44.0 Å². The smallest absolute Gasteiger partial charge is 0.329 e. The monoisotopic (exact) mass is 373 g/mol. The Morgan fingerprint density at radius 2 is 2.15 bits per heavy atom. The first-order chi connectivity index (χ1) is 12.9. The summed E-state index contributed by atoms with van der Waals surface area (Å²) in [6.45, 7) is 2.20. The van der Waals surface area contributed by atoms with Gasteiger partial charge in [0.25, 0.3) is 5.56 Å². The molecule has 0 aliphatic heterocycles. The number of imidazole rings is 1. The highest BCUT2D eigenvalue weighted by Gasteiger charge is 2.19. The fourth-order valence-electron chi connectivity index (χ4n) is 2.91. The zero-order valence-corrected chi connectivity index (χ0v) is 15.5. The van der Waals surface area contributed by atoms with E-state index in [1.165, 1.54) is 11.6 Å². The van der Waals surface area contributed by atoms with Gasteiger partial charge in [-0.25, -0.2) is 4.79 Å². The predicted molar refractivity (Wildman–Crippen MR) is 102 cm³/mol. The number of aliphatic hydroxyl groups excluding tert-OH is 1. The van der Waals surface area contributed by atoms with Crippen LogP contribution < -0.4 is 21.3 Å². The predicted octanol–water partition coefficient (Wildman–Crippen LogP) is 0.467. The lowest BCUT2D eigenvalue weighted by atomic mass is 10.2. The SMILES string of the molecule is CCc1cccc(OC[C@@H](O)Cn2c(NC)nc3c2c(=O)[nH]c(=O)n3C)c1. The number of aryl methyl sites for hydroxylation is 2. The van der Waals surface area contributed by atoms with Crippen LogP contribution in [-0.2, 0) is 20.0 Å². The molecular weight excluding hydrogens is 350 g/mol. The summed E-state index contributed by atoms with van der Waals surface area (Å²) in [5.41, 5.74) is 0.517. The zero-order valence-electron chi connectivity index (χ0n) is 15.5. The molecule has 2 heterocycles. The van der Waals surface area contributed by atoms with Gasteiger partial charge in [-0.05, 0) is 24.1 Å². The summed E-state index contributed by atoms with van der Waals surface area (Å²) in [5, 5.41) is 13.3. The van der Waals surface area contributed by atoms with Crippen LogP contribution in [0.25, 0.3) is 11.2 Å². The molecule has 0 amide bonds. The zero-order chi connectivity index (χ0) is 19.6. The maximum atomic E-state index is 12.3. The van der Waals surface area contributed by atoms with Gasteiger partial charge in [0.2, 0.25) is 5.95 Å². The molecule has 0 fully saturated rings. The fraction of sp³-hybridized carbons (Fsp3) is 0.389. The number of benzene rings is 1. The highest BCUT2D eigenvalue weighted by Crippen LogP contribution is 2.17. The topological polar surface area (TPSA) is 114 Å². The van der Waals surface area contributed by atoms with Crippen LogP contribution in [0.5, 0.6) is 5.75 Å². The summed E-state index contributed by atoms with van der Waals surface area (Å²) in [5.74, 6) is 1.06. The number of aliphatic hydroxyl groups is 1. The van der Waals surface area contributed by atoms with Crippen molar-refractivity contribution in [3.63, 3.8) is 0 Å². The Morgan fingerprint density at radius 3 is 2.85 bits per heavy atom. The molecule has 3 rings (SSSR count). The molecule has 0 bridgehead atoms. The number of aromatic amines is 1. The van der Waals surface area contributed by atoms with Crippen molar-refractivity contribution >= 4 is 17.1 Å². The second kappa shape index (κ2) is 7.67. The first kappa shape index (κ1) is 18.7. The van der Waals surface area contributed by atoms with Crippen LogP contribution in [0.2, 0.25) is 0 Å².